The van der Waals surface area contributed by atoms with E-state index in [2.05, 4.69) is 15.5 Å². The molecule has 1 amide bonds. The van der Waals surface area contributed by atoms with Crippen LogP contribution in [0.2, 0.25) is 5.02 Å². The summed E-state index contributed by atoms with van der Waals surface area (Å²) in [6.45, 7) is 2.64. The van der Waals surface area contributed by atoms with Gasteiger partial charge in [-0.15, -0.1) is 10.2 Å². The van der Waals surface area contributed by atoms with Gasteiger partial charge in [-0.05, 0) is 37.3 Å². The average molecular weight is 518 g/mol. The number of pyridine rings is 1. The lowest BCUT2D eigenvalue weighted by Crippen LogP contribution is -2.14. The summed E-state index contributed by atoms with van der Waals surface area (Å²) in [7, 11) is 0. The van der Waals surface area contributed by atoms with Crippen molar-refractivity contribution in [1.82, 2.24) is 19.7 Å². The summed E-state index contributed by atoms with van der Waals surface area (Å²) < 4.78 is 15.4. The highest BCUT2D eigenvalue weighted by atomic mass is 35.5. The largest absolute Gasteiger partial charge is 0.325 e. The van der Waals surface area contributed by atoms with E-state index < -0.39 is 5.82 Å². The van der Waals surface area contributed by atoms with Crippen molar-refractivity contribution in [3.05, 3.63) is 89.7 Å². The number of fused-ring (bicyclic) bond motifs is 1. The fourth-order valence-corrected chi connectivity index (χ4v) is 4.88. The molecule has 2 aromatic heterocycles. The lowest BCUT2D eigenvalue weighted by Gasteiger charge is -2.12. The van der Waals surface area contributed by atoms with Crippen molar-refractivity contribution in [1.29, 1.82) is 0 Å². The summed E-state index contributed by atoms with van der Waals surface area (Å²) in [4.78, 5) is 17.4. The summed E-state index contributed by atoms with van der Waals surface area (Å²) in [6.07, 6.45) is 0. The number of halogens is 2. The molecule has 0 aliphatic carbocycles. The Bertz CT molecular complexity index is 1560. The number of nitrogens with zero attached hydrogens (tertiary/aromatic N) is 4. The molecule has 5 aromatic rings. The normalized spacial score (nSPS) is 11.1. The molecular formula is C27H21ClFN5OS. The molecule has 0 unspecified atom stereocenters. The average Bonchev–Trinajstić information content (AvgIpc) is 3.32. The minimum absolute atomic E-state index is 0.0460. The number of amides is 1. The topological polar surface area (TPSA) is 72.7 Å². The van der Waals surface area contributed by atoms with Gasteiger partial charge in [-0.1, -0.05) is 71.9 Å². The first-order valence-corrected chi connectivity index (χ1v) is 12.7. The highest BCUT2D eigenvalue weighted by molar-refractivity contribution is 7.99. The summed E-state index contributed by atoms with van der Waals surface area (Å²) in [5, 5.41) is 13.2. The Kier molecular flexibility index (Phi) is 6.97. The number of benzene rings is 3. The smallest absolute Gasteiger partial charge is 0.234 e. The van der Waals surface area contributed by atoms with Crippen molar-refractivity contribution in [3.63, 3.8) is 0 Å². The number of thioether (sulfide) groups is 1. The molecule has 2 heterocycles. The zero-order valence-corrected chi connectivity index (χ0v) is 20.9. The van der Waals surface area contributed by atoms with Crippen molar-refractivity contribution in [3.8, 4) is 22.6 Å². The van der Waals surface area contributed by atoms with Gasteiger partial charge in [0, 0.05) is 28.7 Å². The van der Waals surface area contributed by atoms with E-state index in [0.29, 0.717) is 23.2 Å². The number of hydrogen-bond acceptors (Lipinski definition) is 5. The first kappa shape index (κ1) is 24.0. The maximum Gasteiger partial charge on any atom is 0.234 e. The molecule has 0 spiro atoms. The van der Waals surface area contributed by atoms with Gasteiger partial charge in [0.05, 0.1) is 22.0 Å². The van der Waals surface area contributed by atoms with Crippen LogP contribution in [0.25, 0.3) is 33.5 Å². The van der Waals surface area contributed by atoms with Gasteiger partial charge in [-0.3, -0.25) is 4.79 Å². The third-order valence-electron chi connectivity index (χ3n) is 5.60. The van der Waals surface area contributed by atoms with Crippen LogP contribution >= 0.6 is 23.4 Å². The van der Waals surface area contributed by atoms with E-state index >= 15 is 0 Å². The number of carbonyl (C=O) groups excluding carboxylic acids is 1. The van der Waals surface area contributed by atoms with Gasteiger partial charge in [0.2, 0.25) is 5.91 Å². The molecule has 180 valence electrons. The Morgan fingerprint density at radius 2 is 1.81 bits per heavy atom. The summed E-state index contributed by atoms with van der Waals surface area (Å²) in [6, 6.07) is 24.1. The van der Waals surface area contributed by atoms with Crippen LogP contribution in [0.3, 0.4) is 0 Å². The number of nitrogens with one attached hydrogen (secondary N) is 1. The second kappa shape index (κ2) is 10.5. The molecule has 0 saturated heterocycles. The van der Waals surface area contributed by atoms with Crippen molar-refractivity contribution >= 4 is 45.9 Å². The number of anilines is 1. The van der Waals surface area contributed by atoms with E-state index in [9.17, 15) is 9.18 Å². The maximum absolute atomic E-state index is 13.4. The summed E-state index contributed by atoms with van der Waals surface area (Å²) >= 11 is 7.09. The number of para-hydroxylation sites is 1. The molecule has 0 aliphatic rings. The van der Waals surface area contributed by atoms with E-state index in [4.69, 9.17) is 16.6 Å². The fourth-order valence-electron chi connectivity index (χ4n) is 3.90. The van der Waals surface area contributed by atoms with Gasteiger partial charge in [-0.2, -0.15) is 0 Å². The van der Waals surface area contributed by atoms with Crippen LogP contribution in [0.5, 0.6) is 0 Å². The fraction of sp³-hybridized carbons (Fsp3) is 0.111. The lowest BCUT2D eigenvalue weighted by molar-refractivity contribution is -0.113. The monoisotopic (exact) mass is 517 g/mol. The van der Waals surface area contributed by atoms with E-state index in [1.807, 2.05) is 72.2 Å². The van der Waals surface area contributed by atoms with E-state index in [0.717, 1.165) is 27.7 Å². The Labute approximate surface area is 216 Å². The highest BCUT2D eigenvalue weighted by Gasteiger charge is 2.18. The zero-order valence-electron chi connectivity index (χ0n) is 19.3. The van der Waals surface area contributed by atoms with Gasteiger partial charge < -0.3 is 9.88 Å². The second-order valence-corrected chi connectivity index (χ2v) is 9.30. The molecule has 0 radical (unpaired) electrons. The molecule has 0 fully saturated rings. The van der Waals surface area contributed by atoms with Crippen molar-refractivity contribution < 1.29 is 9.18 Å². The zero-order chi connectivity index (χ0) is 25.1. The molecule has 36 heavy (non-hydrogen) atoms. The van der Waals surface area contributed by atoms with Crippen LogP contribution in [-0.4, -0.2) is 31.4 Å². The molecule has 3 aromatic carbocycles. The Balaban J connectivity index is 1.44. The molecule has 0 saturated carbocycles. The highest BCUT2D eigenvalue weighted by Crippen LogP contribution is 2.33. The molecule has 6 nitrogen and oxygen atoms in total. The van der Waals surface area contributed by atoms with E-state index in [1.54, 1.807) is 0 Å². The Morgan fingerprint density at radius 3 is 2.58 bits per heavy atom. The third-order valence-corrected chi connectivity index (χ3v) is 6.85. The second-order valence-electron chi connectivity index (χ2n) is 7.95. The SMILES string of the molecule is CCn1c(SCC(=O)Nc2ccc(F)c(Cl)c2)nnc1-c1cc(-c2ccccc2)nc2ccccc12. The van der Waals surface area contributed by atoms with Gasteiger partial charge in [-0.25, -0.2) is 9.37 Å². The molecule has 0 atom stereocenters. The molecule has 5 rings (SSSR count). The predicted molar refractivity (Wildman–Crippen MR) is 143 cm³/mol. The minimum Gasteiger partial charge on any atom is -0.325 e. The Hall–Kier alpha value is -3.75. The van der Waals surface area contributed by atoms with Crippen LogP contribution in [0.4, 0.5) is 10.1 Å². The third kappa shape index (κ3) is 4.96. The number of carbonyl (C=O) groups is 1. The Morgan fingerprint density at radius 1 is 1.03 bits per heavy atom. The van der Waals surface area contributed by atoms with Gasteiger partial charge in [0.25, 0.3) is 0 Å². The van der Waals surface area contributed by atoms with Gasteiger partial charge in [0.15, 0.2) is 11.0 Å². The maximum atomic E-state index is 13.4. The quantitative estimate of drug-likeness (QED) is 0.243. The summed E-state index contributed by atoms with van der Waals surface area (Å²) in [5.74, 6) is 0.0308. The van der Waals surface area contributed by atoms with Crippen molar-refractivity contribution in [2.45, 2.75) is 18.6 Å². The van der Waals surface area contributed by atoms with Crippen LogP contribution in [-0.2, 0) is 11.3 Å². The molecule has 9 heteroatoms. The summed E-state index contributed by atoms with van der Waals surface area (Å²) in [5.41, 5.74) is 4.08. The van der Waals surface area contributed by atoms with Crippen LogP contribution in [0.1, 0.15) is 6.92 Å². The van der Waals surface area contributed by atoms with E-state index in [-0.39, 0.29) is 16.7 Å². The van der Waals surface area contributed by atoms with Crippen molar-refractivity contribution in [2.24, 2.45) is 0 Å². The number of aromatic nitrogens is 4. The first-order chi connectivity index (χ1) is 17.5. The molecular weight excluding hydrogens is 497 g/mol. The van der Waals surface area contributed by atoms with Crippen LogP contribution in [0.15, 0.2) is 84.0 Å². The van der Waals surface area contributed by atoms with Gasteiger partial charge in [0.1, 0.15) is 5.82 Å². The van der Waals surface area contributed by atoms with Gasteiger partial charge >= 0.3 is 0 Å². The first-order valence-electron chi connectivity index (χ1n) is 11.3. The van der Waals surface area contributed by atoms with Crippen LogP contribution < -0.4 is 5.32 Å². The molecule has 0 aliphatic heterocycles. The predicted octanol–water partition coefficient (Wildman–Crippen LogP) is 6.70. The lowest BCUT2D eigenvalue weighted by atomic mass is 10.0. The van der Waals surface area contributed by atoms with Crippen molar-refractivity contribution in [2.75, 3.05) is 11.1 Å². The number of rotatable bonds is 7. The minimum atomic E-state index is -0.535. The molecule has 1 N–H and O–H groups in total. The standard InChI is InChI=1S/C27H21ClFN5OS/c1-2-34-26(32-33-27(34)36-16-25(35)30-18-12-13-22(29)21(28)14-18)20-15-24(17-8-4-3-5-9-17)31-23-11-7-6-10-19(20)23/h3-15H,2,16H2,1H3,(H,30,35). The number of hydrogen-bond donors (Lipinski definition) is 1. The molecule has 0 bridgehead atoms. The van der Waals surface area contributed by atoms with E-state index in [1.165, 1.54) is 30.0 Å². The van der Waals surface area contributed by atoms with Crippen LogP contribution in [0, 0.1) is 5.82 Å².